The molecule has 0 bridgehead atoms. The largest absolute Gasteiger partial charge is 0.495 e. The van der Waals surface area contributed by atoms with Crippen LogP contribution in [0.25, 0.3) is 11.3 Å². The fourth-order valence-corrected chi connectivity index (χ4v) is 6.94. The molecular formula is C21H19Cl3N2O3S2. The highest BCUT2D eigenvalue weighted by molar-refractivity contribution is 7.92. The third-order valence-corrected chi connectivity index (χ3v) is 9.45. The van der Waals surface area contributed by atoms with Gasteiger partial charge in [0.15, 0.2) is 15.0 Å². The molecule has 4 rings (SSSR count). The van der Waals surface area contributed by atoms with Gasteiger partial charge in [0.1, 0.15) is 10.6 Å². The first-order valence-electron chi connectivity index (χ1n) is 9.53. The molecular weight excluding hydrogens is 499 g/mol. The van der Waals surface area contributed by atoms with E-state index in [4.69, 9.17) is 44.5 Å². The number of benzene rings is 2. The van der Waals surface area contributed by atoms with Gasteiger partial charge in [-0.15, -0.1) is 11.3 Å². The van der Waals surface area contributed by atoms with E-state index in [0.717, 1.165) is 16.4 Å². The number of rotatable bonds is 5. The normalized spacial score (nSPS) is 15.3. The Morgan fingerprint density at radius 2 is 1.81 bits per heavy atom. The van der Waals surface area contributed by atoms with Crippen molar-refractivity contribution in [3.63, 3.8) is 0 Å². The summed E-state index contributed by atoms with van der Waals surface area (Å²) in [7, 11) is -2.10. The van der Waals surface area contributed by atoms with Crippen molar-refractivity contribution in [1.82, 2.24) is 4.98 Å². The molecule has 0 spiro atoms. The average Bonchev–Trinajstić information content (AvgIpc) is 3.26. The molecule has 164 valence electrons. The Kier molecular flexibility index (Phi) is 6.70. The first-order valence-corrected chi connectivity index (χ1v) is 13.1. The minimum atomic E-state index is -3.56. The number of ether oxygens (including phenoxy) is 1. The number of methoxy groups -OCH3 is 1. The Morgan fingerprint density at radius 1 is 1.06 bits per heavy atom. The number of piperidine rings is 1. The van der Waals surface area contributed by atoms with Crippen LogP contribution in [0, 0.1) is 0 Å². The van der Waals surface area contributed by atoms with Gasteiger partial charge in [-0.1, -0.05) is 40.9 Å². The van der Waals surface area contributed by atoms with Gasteiger partial charge >= 0.3 is 0 Å². The molecule has 1 fully saturated rings. The van der Waals surface area contributed by atoms with E-state index in [-0.39, 0.29) is 4.90 Å². The summed E-state index contributed by atoms with van der Waals surface area (Å²) >= 11 is 19.7. The van der Waals surface area contributed by atoms with Gasteiger partial charge in [-0.2, -0.15) is 0 Å². The van der Waals surface area contributed by atoms with E-state index in [1.165, 1.54) is 24.5 Å². The highest BCUT2D eigenvalue weighted by Gasteiger charge is 2.34. The molecule has 0 radical (unpaired) electrons. The Bertz CT molecular complexity index is 1210. The summed E-state index contributed by atoms with van der Waals surface area (Å²) in [6.07, 6.45) is 0.999. The molecule has 0 N–H and O–H groups in total. The quantitative estimate of drug-likeness (QED) is 0.402. The second kappa shape index (κ2) is 9.16. The number of hydrogen-bond donors (Lipinski definition) is 0. The van der Waals surface area contributed by atoms with Crippen molar-refractivity contribution >= 4 is 61.1 Å². The van der Waals surface area contributed by atoms with Crippen LogP contribution in [0.4, 0.5) is 5.13 Å². The van der Waals surface area contributed by atoms with Crippen molar-refractivity contribution in [2.75, 3.05) is 25.1 Å². The number of sulfone groups is 1. The predicted molar refractivity (Wildman–Crippen MR) is 128 cm³/mol. The standard InChI is InChI=1S/C21H19Cl3N2O3S2/c1-29-19-5-3-14(22)11-20(19)31(27,28)15-6-8-26(9-7-15)21-25-18(12-30-21)13-2-4-16(23)17(24)10-13/h2-5,10-12,15H,6-9H2,1H3. The molecule has 0 unspecified atom stereocenters. The van der Waals surface area contributed by atoms with E-state index >= 15 is 0 Å². The van der Waals surface area contributed by atoms with E-state index in [2.05, 4.69) is 4.90 Å². The van der Waals surface area contributed by atoms with E-state index in [1.54, 1.807) is 24.3 Å². The van der Waals surface area contributed by atoms with Crippen molar-refractivity contribution in [1.29, 1.82) is 0 Å². The Labute approximate surface area is 200 Å². The number of anilines is 1. The van der Waals surface area contributed by atoms with Crippen molar-refractivity contribution in [3.05, 3.63) is 56.8 Å². The number of nitrogens with zero attached hydrogens (tertiary/aromatic N) is 2. The van der Waals surface area contributed by atoms with Crippen LogP contribution in [0.5, 0.6) is 5.75 Å². The molecule has 0 atom stereocenters. The second-order valence-corrected chi connectivity index (χ2v) is 11.5. The fourth-order valence-electron chi connectivity index (χ4n) is 3.61. The first-order chi connectivity index (χ1) is 14.8. The lowest BCUT2D eigenvalue weighted by Gasteiger charge is -2.31. The number of hydrogen-bond acceptors (Lipinski definition) is 6. The van der Waals surface area contributed by atoms with Crippen LogP contribution in [-0.2, 0) is 9.84 Å². The first kappa shape index (κ1) is 22.7. The number of thiazole rings is 1. The van der Waals surface area contributed by atoms with Crippen molar-refractivity contribution < 1.29 is 13.2 Å². The van der Waals surface area contributed by atoms with Crippen LogP contribution in [0.3, 0.4) is 0 Å². The maximum Gasteiger partial charge on any atom is 0.185 e. The molecule has 1 saturated heterocycles. The van der Waals surface area contributed by atoms with Gasteiger partial charge in [0.05, 0.1) is 28.1 Å². The smallest absolute Gasteiger partial charge is 0.185 e. The van der Waals surface area contributed by atoms with Crippen molar-refractivity contribution in [3.8, 4) is 17.0 Å². The number of halogens is 3. The molecule has 31 heavy (non-hydrogen) atoms. The molecule has 1 aliphatic heterocycles. The summed E-state index contributed by atoms with van der Waals surface area (Å²) in [6, 6.07) is 10.1. The Morgan fingerprint density at radius 3 is 2.48 bits per heavy atom. The van der Waals surface area contributed by atoms with Crippen molar-refractivity contribution in [2.24, 2.45) is 0 Å². The molecule has 5 nitrogen and oxygen atoms in total. The highest BCUT2D eigenvalue weighted by Crippen LogP contribution is 2.36. The van der Waals surface area contributed by atoms with Crippen LogP contribution >= 0.6 is 46.1 Å². The summed E-state index contributed by atoms with van der Waals surface area (Å²) in [6.45, 7) is 1.20. The topological polar surface area (TPSA) is 59.5 Å². The molecule has 0 aliphatic carbocycles. The molecule has 0 saturated carbocycles. The summed E-state index contributed by atoms with van der Waals surface area (Å²) in [4.78, 5) is 6.98. The van der Waals surface area contributed by atoms with E-state index in [0.29, 0.717) is 46.7 Å². The minimum absolute atomic E-state index is 0.150. The zero-order valence-corrected chi connectivity index (χ0v) is 20.4. The van der Waals surface area contributed by atoms with Gasteiger partial charge < -0.3 is 9.64 Å². The third kappa shape index (κ3) is 4.66. The SMILES string of the molecule is COc1ccc(Cl)cc1S(=O)(=O)C1CCN(c2nc(-c3ccc(Cl)c(Cl)c3)cs2)CC1. The lowest BCUT2D eigenvalue weighted by molar-refractivity contribution is 0.402. The lowest BCUT2D eigenvalue weighted by Crippen LogP contribution is -2.39. The number of aromatic nitrogens is 1. The molecule has 3 aromatic rings. The molecule has 10 heteroatoms. The minimum Gasteiger partial charge on any atom is -0.495 e. The molecule has 0 amide bonds. The van der Waals surface area contributed by atoms with Gasteiger partial charge in [-0.25, -0.2) is 13.4 Å². The van der Waals surface area contributed by atoms with Crippen LogP contribution in [0.15, 0.2) is 46.7 Å². The molecule has 1 aliphatic rings. The van der Waals surface area contributed by atoms with Crippen molar-refractivity contribution in [2.45, 2.75) is 23.0 Å². The Balaban J connectivity index is 1.49. The highest BCUT2D eigenvalue weighted by atomic mass is 35.5. The maximum atomic E-state index is 13.2. The maximum absolute atomic E-state index is 13.2. The summed E-state index contributed by atoms with van der Waals surface area (Å²) in [5.41, 5.74) is 1.71. The van der Waals surface area contributed by atoms with Gasteiger partial charge in [-0.3, -0.25) is 0 Å². The van der Waals surface area contributed by atoms with Crippen LogP contribution in [0.2, 0.25) is 15.1 Å². The average molecular weight is 518 g/mol. The van der Waals surface area contributed by atoms with Gasteiger partial charge in [-0.05, 0) is 43.2 Å². The Hall–Kier alpha value is -1.51. The zero-order chi connectivity index (χ0) is 22.2. The van der Waals surface area contributed by atoms with E-state index < -0.39 is 15.1 Å². The second-order valence-electron chi connectivity index (χ2n) is 7.17. The zero-order valence-electron chi connectivity index (χ0n) is 16.5. The van der Waals surface area contributed by atoms with Crippen LogP contribution in [-0.4, -0.2) is 38.9 Å². The molecule has 2 heterocycles. The molecule has 1 aromatic heterocycles. The van der Waals surface area contributed by atoms with E-state index in [1.807, 2.05) is 11.4 Å². The van der Waals surface area contributed by atoms with Gasteiger partial charge in [0.25, 0.3) is 0 Å². The fraction of sp³-hybridized carbons (Fsp3) is 0.286. The van der Waals surface area contributed by atoms with Crippen LogP contribution < -0.4 is 9.64 Å². The monoisotopic (exact) mass is 516 g/mol. The van der Waals surface area contributed by atoms with Gasteiger partial charge in [0.2, 0.25) is 0 Å². The summed E-state index contributed by atoms with van der Waals surface area (Å²) in [5, 5.41) is 3.68. The summed E-state index contributed by atoms with van der Waals surface area (Å²) < 4.78 is 31.7. The van der Waals surface area contributed by atoms with Gasteiger partial charge in [0, 0.05) is 29.1 Å². The van der Waals surface area contributed by atoms with Crippen LogP contribution in [0.1, 0.15) is 12.8 Å². The predicted octanol–water partition coefficient (Wildman–Crippen LogP) is 6.22. The lowest BCUT2D eigenvalue weighted by atomic mass is 10.1. The molecule has 2 aromatic carbocycles. The summed E-state index contributed by atoms with van der Waals surface area (Å²) in [5.74, 6) is 0.318. The third-order valence-electron chi connectivity index (χ3n) is 5.29. The van der Waals surface area contributed by atoms with E-state index in [9.17, 15) is 8.42 Å².